The minimum Gasteiger partial charge on any atom is -0.316 e. The van der Waals surface area contributed by atoms with Crippen molar-refractivity contribution in [3.63, 3.8) is 0 Å². The summed E-state index contributed by atoms with van der Waals surface area (Å²) in [5.74, 6) is 0. The van der Waals surface area contributed by atoms with E-state index >= 15 is 0 Å². The molecule has 0 heterocycles. The molecule has 0 saturated heterocycles. The van der Waals surface area contributed by atoms with Gasteiger partial charge in [0.25, 0.3) is 0 Å². The third-order valence-corrected chi connectivity index (χ3v) is 3.01. The Morgan fingerprint density at radius 3 is 2.69 bits per heavy atom. The van der Waals surface area contributed by atoms with Crippen LogP contribution < -0.4 is 5.32 Å². The van der Waals surface area contributed by atoms with Crippen molar-refractivity contribution < 1.29 is 0 Å². The van der Waals surface area contributed by atoms with Crippen LogP contribution in [0.15, 0.2) is 24.3 Å². The van der Waals surface area contributed by atoms with Crippen molar-refractivity contribution in [3.8, 4) is 0 Å². The smallest absolute Gasteiger partial charge is 0.0162 e. The molecular formula is C11H16IN. The normalized spacial score (nSPS) is 10.3. The van der Waals surface area contributed by atoms with E-state index in [1.165, 1.54) is 15.6 Å². The third-order valence-electron chi connectivity index (χ3n) is 1.96. The van der Waals surface area contributed by atoms with E-state index in [9.17, 15) is 0 Å². The number of halogens is 1. The highest BCUT2D eigenvalue weighted by Gasteiger charge is 1.96. The summed E-state index contributed by atoms with van der Waals surface area (Å²) in [6.07, 6.45) is 2.35. The first-order chi connectivity index (χ1) is 6.34. The zero-order valence-corrected chi connectivity index (χ0v) is 10.2. The highest BCUT2D eigenvalue weighted by Crippen LogP contribution is 2.11. The lowest BCUT2D eigenvalue weighted by Crippen LogP contribution is -2.18. The van der Waals surface area contributed by atoms with Crippen molar-refractivity contribution in [1.29, 1.82) is 0 Å². The van der Waals surface area contributed by atoms with Gasteiger partial charge >= 0.3 is 0 Å². The summed E-state index contributed by atoms with van der Waals surface area (Å²) >= 11 is 2.39. The number of hydrogen-bond donors (Lipinski definition) is 1. The van der Waals surface area contributed by atoms with Crippen LogP contribution in [0.2, 0.25) is 0 Å². The molecule has 0 bridgehead atoms. The number of hydrogen-bond acceptors (Lipinski definition) is 1. The highest BCUT2D eigenvalue weighted by atomic mass is 127. The van der Waals surface area contributed by atoms with Gasteiger partial charge in [0.2, 0.25) is 0 Å². The predicted octanol–water partition coefficient (Wildman–Crippen LogP) is 2.83. The first kappa shape index (κ1) is 11.0. The lowest BCUT2D eigenvalue weighted by atomic mass is 10.1. The molecular weight excluding hydrogens is 273 g/mol. The van der Waals surface area contributed by atoms with Gasteiger partial charge < -0.3 is 5.32 Å². The Balaban J connectivity index is 2.32. The van der Waals surface area contributed by atoms with E-state index in [1.54, 1.807) is 0 Å². The minimum atomic E-state index is 1.09. The molecule has 0 aliphatic carbocycles. The van der Waals surface area contributed by atoms with Crippen LogP contribution >= 0.6 is 22.6 Å². The van der Waals surface area contributed by atoms with Gasteiger partial charge in [0.1, 0.15) is 0 Å². The summed E-state index contributed by atoms with van der Waals surface area (Å²) in [4.78, 5) is 0. The van der Waals surface area contributed by atoms with Crippen molar-refractivity contribution >= 4 is 22.6 Å². The summed E-state index contributed by atoms with van der Waals surface area (Å²) < 4.78 is 1.37. The Hall–Kier alpha value is -0.0900. The summed E-state index contributed by atoms with van der Waals surface area (Å²) in [6.45, 7) is 4.41. The van der Waals surface area contributed by atoms with E-state index in [0.717, 1.165) is 19.5 Å². The third kappa shape index (κ3) is 4.09. The molecule has 2 heteroatoms. The van der Waals surface area contributed by atoms with Crippen molar-refractivity contribution in [2.75, 3.05) is 13.1 Å². The number of nitrogens with one attached hydrogen (secondary N) is 1. The molecule has 13 heavy (non-hydrogen) atoms. The van der Waals surface area contributed by atoms with Gasteiger partial charge in [-0.25, -0.2) is 0 Å². The van der Waals surface area contributed by atoms with Crippen molar-refractivity contribution in [3.05, 3.63) is 33.4 Å². The van der Waals surface area contributed by atoms with E-state index in [0.29, 0.717) is 0 Å². The fourth-order valence-electron chi connectivity index (χ4n) is 1.23. The van der Waals surface area contributed by atoms with Crippen molar-refractivity contribution in [2.24, 2.45) is 0 Å². The Bertz CT molecular complexity index is 248. The van der Waals surface area contributed by atoms with Crippen LogP contribution in [0.3, 0.4) is 0 Å². The number of benzene rings is 1. The molecule has 72 valence electrons. The van der Waals surface area contributed by atoms with Crippen molar-refractivity contribution in [2.45, 2.75) is 19.8 Å². The zero-order chi connectivity index (χ0) is 9.52. The molecule has 0 atom stereocenters. The molecule has 0 amide bonds. The maximum absolute atomic E-state index is 3.41. The maximum atomic E-state index is 3.41. The summed E-state index contributed by atoms with van der Waals surface area (Å²) in [5, 5.41) is 3.41. The quantitative estimate of drug-likeness (QED) is 0.649. The predicted molar refractivity (Wildman–Crippen MR) is 66.0 cm³/mol. The monoisotopic (exact) mass is 289 g/mol. The van der Waals surface area contributed by atoms with E-state index < -0.39 is 0 Å². The van der Waals surface area contributed by atoms with Gasteiger partial charge in [-0.3, -0.25) is 0 Å². The van der Waals surface area contributed by atoms with Gasteiger partial charge in [0.15, 0.2) is 0 Å². The van der Waals surface area contributed by atoms with Gasteiger partial charge in [-0.05, 0) is 60.2 Å². The highest BCUT2D eigenvalue weighted by molar-refractivity contribution is 14.1. The fraction of sp³-hybridized carbons (Fsp3) is 0.455. The van der Waals surface area contributed by atoms with Crippen LogP contribution in [0.4, 0.5) is 0 Å². The molecule has 1 N–H and O–H groups in total. The number of rotatable bonds is 5. The Kier molecular flexibility index (Phi) is 5.39. The van der Waals surface area contributed by atoms with E-state index in [1.807, 2.05) is 0 Å². The van der Waals surface area contributed by atoms with E-state index in [4.69, 9.17) is 0 Å². The second kappa shape index (κ2) is 6.38. The average molecular weight is 289 g/mol. The maximum Gasteiger partial charge on any atom is 0.0162 e. The SMILES string of the molecule is CCCNCCc1ccccc1I. The van der Waals surface area contributed by atoms with Gasteiger partial charge in [-0.2, -0.15) is 0 Å². The summed E-state index contributed by atoms with van der Waals surface area (Å²) in [5.41, 5.74) is 1.45. The van der Waals surface area contributed by atoms with E-state index in [-0.39, 0.29) is 0 Å². The van der Waals surface area contributed by atoms with Crippen LogP contribution in [0, 0.1) is 3.57 Å². The van der Waals surface area contributed by atoms with E-state index in [2.05, 4.69) is 59.1 Å². The minimum absolute atomic E-state index is 1.09. The average Bonchev–Trinajstić information content (AvgIpc) is 2.15. The molecule has 1 nitrogen and oxygen atoms in total. The molecule has 0 saturated carbocycles. The zero-order valence-electron chi connectivity index (χ0n) is 8.02. The van der Waals surface area contributed by atoms with Crippen LogP contribution in [0.1, 0.15) is 18.9 Å². The van der Waals surface area contributed by atoms with Gasteiger partial charge in [-0.1, -0.05) is 25.1 Å². The molecule has 0 aliphatic heterocycles. The van der Waals surface area contributed by atoms with Gasteiger partial charge in [-0.15, -0.1) is 0 Å². The first-order valence-corrected chi connectivity index (χ1v) is 5.86. The standard InChI is InChI=1S/C11H16IN/c1-2-8-13-9-7-10-5-3-4-6-11(10)12/h3-6,13H,2,7-9H2,1H3. The summed E-state index contributed by atoms with van der Waals surface area (Å²) in [7, 11) is 0. The van der Waals surface area contributed by atoms with Crippen LogP contribution in [0.5, 0.6) is 0 Å². The molecule has 0 fully saturated rings. The lowest BCUT2D eigenvalue weighted by Gasteiger charge is -2.04. The Morgan fingerprint density at radius 1 is 1.23 bits per heavy atom. The molecule has 0 aromatic heterocycles. The van der Waals surface area contributed by atoms with Crippen LogP contribution in [0.25, 0.3) is 0 Å². The lowest BCUT2D eigenvalue weighted by molar-refractivity contribution is 0.670. The van der Waals surface area contributed by atoms with Gasteiger partial charge in [0.05, 0.1) is 0 Å². The molecule has 1 aromatic carbocycles. The Morgan fingerprint density at radius 2 is 2.00 bits per heavy atom. The molecule has 0 radical (unpaired) electrons. The second-order valence-corrected chi connectivity index (χ2v) is 4.25. The fourth-order valence-corrected chi connectivity index (χ4v) is 1.88. The molecule has 1 rings (SSSR count). The summed E-state index contributed by atoms with van der Waals surface area (Å²) in [6, 6.07) is 8.56. The molecule has 0 spiro atoms. The van der Waals surface area contributed by atoms with Crippen LogP contribution in [-0.4, -0.2) is 13.1 Å². The second-order valence-electron chi connectivity index (χ2n) is 3.09. The first-order valence-electron chi connectivity index (χ1n) is 4.78. The largest absolute Gasteiger partial charge is 0.316 e. The Labute approximate surface area is 94.1 Å². The molecule has 1 aromatic rings. The topological polar surface area (TPSA) is 12.0 Å². The van der Waals surface area contributed by atoms with Crippen molar-refractivity contribution in [1.82, 2.24) is 5.32 Å². The molecule has 0 unspecified atom stereocenters. The van der Waals surface area contributed by atoms with Gasteiger partial charge in [0, 0.05) is 3.57 Å². The molecule has 0 aliphatic rings. The van der Waals surface area contributed by atoms with Crippen LogP contribution in [-0.2, 0) is 6.42 Å².